The average molecular weight is 404 g/mol. The number of thiophene rings is 1. The van der Waals surface area contributed by atoms with Crippen LogP contribution in [0, 0.1) is 0 Å². The Morgan fingerprint density at radius 2 is 1.79 bits per heavy atom. The van der Waals surface area contributed by atoms with E-state index in [-0.39, 0.29) is 11.9 Å². The molecule has 0 aliphatic carbocycles. The van der Waals surface area contributed by atoms with Gasteiger partial charge in [0.05, 0.1) is 24.5 Å². The van der Waals surface area contributed by atoms with Gasteiger partial charge in [-0.2, -0.15) is 0 Å². The molecule has 1 unspecified atom stereocenters. The lowest BCUT2D eigenvalue weighted by Crippen LogP contribution is -2.26. The van der Waals surface area contributed by atoms with Crippen LogP contribution in [-0.4, -0.2) is 18.0 Å². The molecule has 3 N–H and O–H groups in total. The maximum Gasteiger partial charge on any atom is 0.264 e. The number of carbonyl (C=O) groups excluding carboxylic acids is 1. The average Bonchev–Trinajstić information content (AvgIpc) is 3.10. The second kappa shape index (κ2) is 7.93. The van der Waals surface area contributed by atoms with Gasteiger partial charge in [-0.3, -0.25) is 4.79 Å². The van der Waals surface area contributed by atoms with Crippen LogP contribution in [0.15, 0.2) is 66.7 Å². The number of hydrogen-bond acceptors (Lipinski definition) is 5. The topological polar surface area (TPSA) is 77.2 Å². The van der Waals surface area contributed by atoms with Gasteiger partial charge in [0.15, 0.2) is 0 Å². The van der Waals surface area contributed by atoms with Crippen LogP contribution in [0.5, 0.6) is 5.75 Å². The molecule has 146 valence electrons. The number of hydrogen-bond donors (Lipinski definition) is 2. The van der Waals surface area contributed by atoms with Crippen LogP contribution in [0.25, 0.3) is 21.5 Å². The fourth-order valence-corrected chi connectivity index (χ4v) is 4.17. The van der Waals surface area contributed by atoms with Crippen molar-refractivity contribution >= 4 is 33.1 Å². The van der Waals surface area contributed by atoms with Gasteiger partial charge in [-0.05, 0) is 48.9 Å². The smallest absolute Gasteiger partial charge is 0.264 e. The summed E-state index contributed by atoms with van der Waals surface area (Å²) in [6.07, 6.45) is 0. The second-order valence-corrected chi connectivity index (χ2v) is 7.73. The number of anilines is 1. The summed E-state index contributed by atoms with van der Waals surface area (Å²) in [6.45, 7) is 1.96. The number of nitrogens with two attached hydrogens (primary N) is 1. The number of ether oxygens (including phenoxy) is 1. The molecule has 2 heterocycles. The Balaban J connectivity index is 1.62. The molecule has 2 aromatic heterocycles. The van der Waals surface area contributed by atoms with E-state index in [1.54, 1.807) is 7.11 Å². The predicted octanol–water partition coefficient (Wildman–Crippen LogP) is 5.05. The van der Waals surface area contributed by atoms with E-state index in [1.165, 1.54) is 11.3 Å². The standard InChI is InChI=1S/C23H21N3O2S/c1-14(15-6-4-3-5-7-15)25-22(27)21-20(24)18-12-13-19(26-23(18)29-21)16-8-10-17(28-2)11-9-16/h3-14H,24H2,1-2H3,(H,25,27). The van der Waals surface area contributed by atoms with Crippen molar-refractivity contribution in [3.8, 4) is 17.0 Å². The summed E-state index contributed by atoms with van der Waals surface area (Å²) in [4.78, 5) is 18.8. The van der Waals surface area contributed by atoms with Crippen LogP contribution in [0.2, 0.25) is 0 Å². The molecule has 1 atom stereocenters. The minimum absolute atomic E-state index is 0.115. The first kappa shape index (κ1) is 19.0. The Morgan fingerprint density at radius 3 is 2.48 bits per heavy atom. The zero-order chi connectivity index (χ0) is 20.4. The quantitative estimate of drug-likeness (QED) is 0.489. The van der Waals surface area contributed by atoms with Crippen LogP contribution < -0.4 is 15.8 Å². The summed E-state index contributed by atoms with van der Waals surface area (Å²) in [5, 5.41) is 3.82. The van der Waals surface area contributed by atoms with Crippen LogP contribution in [0.1, 0.15) is 28.2 Å². The number of methoxy groups -OCH3 is 1. The highest BCUT2D eigenvalue weighted by Crippen LogP contribution is 2.34. The minimum atomic E-state index is -0.187. The van der Waals surface area contributed by atoms with Crippen molar-refractivity contribution in [3.05, 3.63) is 77.2 Å². The van der Waals surface area contributed by atoms with Crippen LogP contribution >= 0.6 is 11.3 Å². The molecule has 0 saturated carbocycles. The lowest BCUT2D eigenvalue weighted by atomic mass is 10.1. The Bertz CT molecular complexity index is 1150. The Kier molecular flexibility index (Phi) is 5.18. The molecule has 0 aliphatic heterocycles. The molecule has 29 heavy (non-hydrogen) atoms. The van der Waals surface area contributed by atoms with Gasteiger partial charge in [0, 0.05) is 10.9 Å². The number of benzene rings is 2. The second-order valence-electron chi connectivity index (χ2n) is 6.73. The number of nitrogen functional groups attached to an aromatic ring is 1. The van der Waals surface area contributed by atoms with Crippen molar-refractivity contribution in [1.29, 1.82) is 0 Å². The molecule has 1 amide bonds. The summed E-state index contributed by atoms with van der Waals surface area (Å²) < 4.78 is 5.20. The first-order valence-electron chi connectivity index (χ1n) is 9.26. The molecule has 0 radical (unpaired) electrons. The first-order chi connectivity index (χ1) is 14.1. The van der Waals surface area contributed by atoms with Gasteiger partial charge in [0.2, 0.25) is 0 Å². The van der Waals surface area contributed by atoms with E-state index in [2.05, 4.69) is 5.32 Å². The third kappa shape index (κ3) is 3.79. The lowest BCUT2D eigenvalue weighted by molar-refractivity contribution is 0.0945. The summed E-state index contributed by atoms with van der Waals surface area (Å²) >= 11 is 1.31. The molecular formula is C23H21N3O2S. The summed E-state index contributed by atoms with van der Waals surface area (Å²) in [6, 6.07) is 21.3. The molecule has 0 fully saturated rings. The zero-order valence-corrected chi connectivity index (χ0v) is 17.0. The van der Waals surface area contributed by atoms with Gasteiger partial charge < -0.3 is 15.8 Å². The van der Waals surface area contributed by atoms with E-state index in [0.29, 0.717) is 10.6 Å². The van der Waals surface area contributed by atoms with Gasteiger partial charge in [-0.15, -0.1) is 11.3 Å². The van der Waals surface area contributed by atoms with Crippen molar-refractivity contribution in [2.45, 2.75) is 13.0 Å². The highest BCUT2D eigenvalue weighted by Gasteiger charge is 2.19. The lowest BCUT2D eigenvalue weighted by Gasteiger charge is -2.13. The maximum atomic E-state index is 12.8. The van der Waals surface area contributed by atoms with Crippen molar-refractivity contribution in [3.63, 3.8) is 0 Å². The van der Waals surface area contributed by atoms with E-state index in [1.807, 2.05) is 73.7 Å². The summed E-state index contributed by atoms with van der Waals surface area (Å²) in [5.41, 5.74) is 9.59. The first-order valence-corrected chi connectivity index (χ1v) is 10.1. The van der Waals surface area contributed by atoms with Crippen molar-refractivity contribution in [2.75, 3.05) is 12.8 Å². The number of carbonyl (C=O) groups is 1. The number of nitrogens with one attached hydrogen (secondary N) is 1. The fraction of sp³-hybridized carbons (Fsp3) is 0.130. The van der Waals surface area contributed by atoms with Crippen LogP contribution in [-0.2, 0) is 0 Å². The van der Waals surface area contributed by atoms with Gasteiger partial charge in [-0.25, -0.2) is 4.98 Å². The molecule has 5 nitrogen and oxygen atoms in total. The van der Waals surface area contributed by atoms with E-state index in [9.17, 15) is 4.79 Å². The fourth-order valence-electron chi connectivity index (χ4n) is 3.18. The molecule has 6 heteroatoms. The predicted molar refractivity (Wildman–Crippen MR) is 118 cm³/mol. The van der Waals surface area contributed by atoms with Gasteiger partial charge in [0.1, 0.15) is 15.5 Å². The Hall–Kier alpha value is -3.38. The van der Waals surface area contributed by atoms with Gasteiger partial charge >= 0.3 is 0 Å². The largest absolute Gasteiger partial charge is 0.497 e. The highest BCUT2D eigenvalue weighted by atomic mass is 32.1. The number of pyridine rings is 1. The number of aromatic nitrogens is 1. The molecule has 0 saturated heterocycles. The monoisotopic (exact) mass is 403 g/mol. The van der Waals surface area contributed by atoms with E-state index >= 15 is 0 Å². The molecular weight excluding hydrogens is 382 g/mol. The number of rotatable bonds is 5. The third-order valence-electron chi connectivity index (χ3n) is 4.83. The normalized spacial score (nSPS) is 11.9. The zero-order valence-electron chi connectivity index (χ0n) is 16.2. The minimum Gasteiger partial charge on any atom is -0.497 e. The molecule has 4 aromatic rings. The third-order valence-corrected chi connectivity index (χ3v) is 5.95. The van der Waals surface area contributed by atoms with Crippen LogP contribution in [0.4, 0.5) is 5.69 Å². The van der Waals surface area contributed by atoms with E-state index in [0.717, 1.165) is 32.8 Å². The van der Waals surface area contributed by atoms with Crippen molar-refractivity contribution < 1.29 is 9.53 Å². The van der Waals surface area contributed by atoms with Crippen LogP contribution in [0.3, 0.4) is 0 Å². The van der Waals surface area contributed by atoms with Crippen molar-refractivity contribution in [2.24, 2.45) is 0 Å². The molecule has 0 aliphatic rings. The maximum absolute atomic E-state index is 12.8. The number of nitrogens with zero attached hydrogens (tertiary/aromatic N) is 1. The molecule has 0 spiro atoms. The summed E-state index contributed by atoms with van der Waals surface area (Å²) in [7, 11) is 1.64. The highest BCUT2D eigenvalue weighted by molar-refractivity contribution is 7.21. The van der Waals surface area contributed by atoms with E-state index in [4.69, 9.17) is 15.5 Å². The Labute approximate surface area is 173 Å². The molecule has 2 aromatic carbocycles. The Morgan fingerprint density at radius 1 is 1.07 bits per heavy atom. The molecule has 4 rings (SSSR count). The van der Waals surface area contributed by atoms with Gasteiger partial charge in [-0.1, -0.05) is 30.3 Å². The number of fused-ring (bicyclic) bond motifs is 1. The number of amides is 1. The summed E-state index contributed by atoms with van der Waals surface area (Å²) in [5.74, 6) is 0.606. The van der Waals surface area contributed by atoms with Gasteiger partial charge in [0.25, 0.3) is 5.91 Å². The van der Waals surface area contributed by atoms with E-state index < -0.39 is 0 Å². The van der Waals surface area contributed by atoms with Crippen molar-refractivity contribution in [1.82, 2.24) is 10.3 Å². The SMILES string of the molecule is COc1ccc(-c2ccc3c(N)c(C(=O)NC(C)c4ccccc4)sc3n2)cc1. The molecule has 0 bridgehead atoms.